The van der Waals surface area contributed by atoms with Crippen molar-refractivity contribution in [1.82, 2.24) is 14.8 Å². The average Bonchev–Trinajstić information content (AvgIpc) is 2.94. The van der Waals surface area contributed by atoms with E-state index in [0.29, 0.717) is 0 Å². The Bertz CT molecular complexity index is 582. The second-order valence-corrected chi connectivity index (χ2v) is 4.37. The summed E-state index contributed by atoms with van der Waals surface area (Å²) < 4.78 is 12.6. The molecule has 1 N–H and O–H groups in total. The fourth-order valence-electron chi connectivity index (χ4n) is 2.43. The highest BCUT2D eigenvalue weighted by Gasteiger charge is 2.25. The highest BCUT2D eigenvalue weighted by molar-refractivity contribution is 5.44. The molecule has 1 aromatic carbocycles. The van der Waals surface area contributed by atoms with Crippen molar-refractivity contribution in [3.8, 4) is 11.5 Å². The maximum atomic E-state index is 5.45. The summed E-state index contributed by atoms with van der Waals surface area (Å²) >= 11 is 0. The minimum absolute atomic E-state index is 0.115. The van der Waals surface area contributed by atoms with Crippen LogP contribution >= 0.6 is 0 Å². The molecule has 0 aliphatic carbocycles. The number of hydrogen-bond donors (Lipinski definition) is 1. The molecule has 0 radical (unpaired) electrons. The van der Waals surface area contributed by atoms with Gasteiger partial charge in [-0.05, 0) is 24.6 Å². The zero-order chi connectivity index (χ0) is 13.2. The second kappa shape index (κ2) is 4.79. The maximum Gasteiger partial charge on any atom is 0.221 e. The van der Waals surface area contributed by atoms with Gasteiger partial charge in [0, 0.05) is 12.1 Å². The van der Waals surface area contributed by atoms with Crippen LogP contribution in [0.25, 0.3) is 0 Å². The molecule has 1 unspecified atom stereocenters. The van der Waals surface area contributed by atoms with Crippen LogP contribution in [0.4, 0.5) is 5.95 Å². The molecule has 0 spiro atoms. The summed E-state index contributed by atoms with van der Waals surface area (Å²) in [6, 6.07) is 5.93. The molecule has 2 heterocycles. The van der Waals surface area contributed by atoms with Gasteiger partial charge in [0.25, 0.3) is 0 Å². The topological polar surface area (TPSA) is 61.2 Å². The molecule has 100 valence electrons. The number of ether oxygens (including phenoxy) is 2. The van der Waals surface area contributed by atoms with Crippen LogP contribution in [0.15, 0.2) is 24.5 Å². The maximum absolute atomic E-state index is 5.45. The molecule has 6 heteroatoms. The Morgan fingerprint density at radius 3 is 3.00 bits per heavy atom. The van der Waals surface area contributed by atoms with Crippen LogP contribution in [0.3, 0.4) is 0 Å². The van der Waals surface area contributed by atoms with E-state index < -0.39 is 0 Å². The summed E-state index contributed by atoms with van der Waals surface area (Å²) in [6.07, 6.45) is 2.49. The normalized spacial score (nSPS) is 17.5. The number of anilines is 1. The minimum Gasteiger partial charge on any atom is -0.497 e. The largest absolute Gasteiger partial charge is 0.497 e. The van der Waals surface area contributed by atoms with E-state index in [1.807, 2.05) is 22.9 Å². The van der Waals surface area contributed by atoms with Crippen molar-refractivity contribution in [1.29, 1.82) is 0 Å². The molecule has 1 aromatic heterocycles. The Labute approximate surface area is 111 Å². The summed E-state index contributed by atoms with van der Waals surface area (Å²) in [5.41, 5.74) is 1.06. The van der Waals surface area contributed by atoms with Gasteiger partial charge in [0.15, 0.2) is 0 Å². The third kappa shape index (κ3) is 1.99. The van der Waals surface area contributed by atoms with Crippen molar-refractivity contribution < 1.29 is 9.47 Å². The molecular weight excluding hydrogens is 244 g/mol. The van der Waals surface area contributed by atoms with E-state index in [0.717, 1.165) is 36.0 Å². The third-order valence-corrected chi connectivity index (χ3v) is 3.37. The van der Waals surface area contributed by atoms with Crippen molar-refractivity contribution in [3.05, 3.63) is 30.1 Å². The van der Waals surface area contributed by atoms with Gasteiger partial charge in [-0.2, -0.15) is 10.1 Å². The molecule has 1 aliphatic rings. The van der Waals surface area contributed by atoms with Gasteiger partial charge in [0.1, 0.15) is 17.8 Å². The quantitative estimate of drug-likeness (QED) is 0.910. The van der Waals surface area contributed by atoms with E-state index in [4.69, 9.17) is 9.47 Å². The fraction of sp³-hybridized carbons (Fsp3) is 0.385. The van der Waals surface area contributed by atoms with E-state index in [1.54, 1.807) is 20.5 Å². The lowest BCUT2D eigenvalue weighted by atomic mass is 10.0. The number of methoxy groups -OCH3 is 2. The SMILES string of the molecule is COc1ccc(OC)c(C2CCNc3ncnn32)c1. The minimum atomic E-state index is 0.115. The van der Waals surface area contributed by atoms with Crippen LogP contribution in [-0.2, 0) is 0 Å². The molecule has 0 bridgehead atoms. The van der Waals surface area contributed by atoms with Gasteiger partial charge in [-0.1, -0.05) is 0 Å². The van der Waals surface area contributed by atoms with Gasteiger partial charge in [0.05, 0.1) is 20.3 Å². The average molecular weight is 260 g/mol. The van der Waals surface area contributed by atoms with E-state index in [-0.39, 0.29) is 6.04 Å². The first-order chi connectivity index (χ1) is 9.33. The van der Waals surface area contributed by atoms with Gasteiger partial charge in [-0.15, -0.1) is 0 Å². The molecule has 2 aromatic rings. The number of nitrogens with zero attached hydrogens (tertiary/aromatic N) is 3. The smallest absolute Gasteiger partial charge is 0.221 e. The van der Waals surface area contributed by atoms with Gasteiger partial charge in [-0.3, -0.25) is 0 Å². The zero-order valence-corrected chi connectivity index (χ0v) is 11.0. The number of nitrogens with one attached hydrogen (secondary N) is 1. The Morgan fingerprint density at radius 1 is 1.32 bits per heavy atom. The predicted molar refractivity (Wildman–Crippen MR) is 70.8 cm³/mol. The van der Waals surface area contributed by atoms with E-state index in [9.17, 15) is 0 Å². The second-order valence-electron chi connectivity index (χ2n) is 4.37. The van der Waals surface area contributed by atoms with E-state index in [2.05, 4.69) is 15.4 Å². The summed E-state index contributed by atoms with van der Waals surface area (Å²) in [4.78, 5) is 4.20. The molecule has 0 fully saturated rings. The van der Waals surface area contributed by atoms with Crippen molar-refractivity contribution in [2.75, 3.05) is 26.1 Å². The lowest BCUT2D eigenvalue weighted by Gasteiger charge is -2.26. The Hall–Kier alpha value is -2.24. The summed E-state index contributed by atoms with van der Waals surface area (Å²) in [7, 11) is 3.34. The van der Waals surface area contributed by atoms with E-state index >= 15 is 0 Å². The number of fused-ring (bicyclic) bond motifs is 1. The molecule has 1 aliphatic heterocycles. The summed E-state index contributed by atoms with van der Waals surface area (Å²) in [5, 5.41) is 7.52. The molecular formula is C13H16N4O2. The highest BCUT2D eigenvalue weighted by Crippen LogP contribution is 2.35. The highest BCUT2D eigenvalue weighted by atomic mass is 16.5. The predicted octanol–water partition coefficient (Wildman–Crippen LogP) is 1.70. The first kappa shape index (κ1) is 11.8. The zero-order valence-electron chi connectivity index (χ0n) is 11.0. The summed E-state index contributed by atoms with van der Waals surface area (Å²) in [5.74, 6) is 2.45. The van der Waals surface area contributed by atoms with Crippen molar-refractivity contribution >= 4 is 5.95 Å². The van der Waals surface area contributed by atoms with Crippen molar-refractivity contribution in [2.45, 2.75) is 12.5 Å². The van der Waals surface area contributed by atoms with Crippen LogP contribution < -0.4 is 14.8 Å². The number of benzene rings is 1. The molecule has 6 nitrogen and oxygen atoms in total. The molecule has 0 saturated carbocycles. The van der Waals surface area contributed by atoms with Gasteiger partial charge < -0.3 is 14.8 Å². The first-order valence-corrected chi connectivity index (χ1v) is 6.19. The number of aromatic nitrogens is 3. The van der Waals surface area contributed by atoms with Crippen LogP contribution in [0.2, 0.25) is 0 Å². The molecule has 1 atom stereocenters. The van der Waals surface area contributed by atoms with Crippen molar-refractivity contribution in [3.63, 3.8) is 0 Å². The summed E-state index contributed by atoms with van der Waals surface area (Å²) in [6.45, 7) is 0.865. The van der Waals surface area contributed by atoms with E-state index in [1.165, 1.54) is 0 Å². The standard InChI is InChI=1S/C13H16N4O2/c1-18-9-3-4-12(19-2)10(7-9)11-5-6-14-13-15-8-16-17(11)13/h3-4,7-8,11H,5-6H2,1-2H3,(H,14,15,16). The van der Waals surface area contributed by atoms with Crippen molar-refractivity contribution in [2.24, 2.45) is 0 Å². The Kier molecular flexibility index (Phi) is 2.98. The fourth-order valence-corrected chi connectivity index (χ4v) is 2.43. The third-order valence-electron chi connectivity index (χ3n) is 3.37. The first-order valence-electron chi connectivity index (χ1n) is 6.19. The number of hydrogen-bond acceptors (Lipinski definition) is 5. The Balaban J connectivity index is 2.07. The Morgan fingerprint density at radius 2 is 2.21 bits per heavy atom. The monoisotopic (exact) mass is 260 g/mol. The van der Waals surface area contributed by atoms with Gasteiger partial charge in [-0.25, -0.2) is 4.68 Å². The molecule has 3 rings (SSSR count). The molecule has 0 amide bonds. The van der Waals surface area contributed by atoms with Gasteiger partial charge >= 0.3 is 0 Å². The number of rotatable bonds is 3. The lowest BCUT2D eigenvalue weighted by molar-refractivity contribution is 0.383. The van der Waals surface area contributed by atoms with Crippen LogP contribution in [0.1, 0.15) is 18.0 Å². The molecule has 0 saturated heterocycles. The van der Waals surface area contributed by atoms with Gasteiger partial charge in [0.2, 0.25) is 5.95 Å². The van der Waals surface area contributed by atoms with Crippen LogP contribution in [-0.4, -0.2) is 35.5 Å². The van der Waals surface area contributed by atoms with Crippen LogP contribution in [0.5, 0.6) is 11.5 Å². The van der Waals surface area contributed by atoms with Crippen LogP contribution in [0, 0.1) is 0 Å². The lowest BCUT2D eigenvalue weighted by Crippen LogP contribution is -2.25. The molecule has 19 heavy (non-hydrogen) atoms.